The van der Waals surface area contributed by atoms with Crippen LogP contribution in [0.15, 0.2) is 67.0 Å². The standard InChI is InChI=1S/C23H20N4O/c1-25-22-6-4-3-5-20(22)17-11-21-18(12-24)15-27(23(21)26-13-17)14-16-7-9-19(28-2)10-8-16/h3-11,13,15,25H,14H2,1-2H3. The summed E-state index contributed by atoms with van der Waals surface area (Å²) in [5.41, 5.74) is 5.62. The van der Waals surface area contributed by atoms with Crippen molar-refractivity contribution in [2.45, 2.75) is 6.54 Å². The van der Waals surface area contributed by atoms with Crippen LogP contribution in [0.3, 0.4) is 0 Å². The number of pyridine rings is 1. The monoisotopic (exact) mass is 368 g/mol. The minimum absolute atomic E-state index is 0.625. The van der Waals surface area contributed by atoms with Gasteiger partial charge in [-0.15, -0.1) is 0 Å². The Balaban J connectivity index is 1.77. The molecule has 0 fully saturated rings. The van der Waals surface area contributed by atoms with Crippen LogP contribution in [-0.2, 0) is 6.54 Å². The maximum Gasteiger partial charge on any atom is 0.141 e. The molecule has 5 nitrogen and oxygen atoms in total. The predicted octanol–water partition coefficient (Wildman–Crippen LogP) is 4.67. The van der Waals surface area contributed by atoms with Gasteiger partial charge >= 0.3 is 0 Å². The topological polar surface area (TPSA) is 62.9 Å². The number of para-hydroxylation sites is 1. The lowest BCUT2D eigenvalue weighted by Crippen LogP contribution is -1.99. The number of hydrogen-bond acceptors (Lipinski definition) is 4. The first-order chi connectivity index (χ1) is 13.7. The van der Waals surface area contributed by atoms with Crippen LogP contribution in [0.25, 0.3) is 22.2 Å². The first kappa shape index (κ1) is 17.6. The van der Waals surface area contributed by atoms with Crippen molar-refractivity contribution in [1.82, 2.24) is 9.55 Å². The van der Waals surface area contributed by atoms with Crippen molar-refractivity contribution in [3.63, 3.8) is 0 Å². The summed E-state index contributed by atoms with van der Waals surface area (Å²) in [6, 6.07) is 20.3. The highest BCUT2D eigenvalue weighted by Gasteiger charge is 2.13. The lowest BCUT2D eigenvalue weighted by molar-refractivity contribution is 0.414. The van der Waals surface area contributed by atoms with Crippen LogP contribution in [0.2, 0.25) is 0 Å². The summed E-state index contributed by atoms with van der Waals surface area (Å²) in [4.78, 5) is 4.69. The minimum atomic E-state index is 0.625. The summed E-state index contributed by atoms with van der Waals surface area (Å²) < 4.78 is 7.24. The molecule has 138 valence electrons. The zero-order valence-electron chi connectivity index (χ0n) is 15.8. The van der Waals surface area contributed by atoms with Crippen molar-refractivity contribution in [1.29, 1.82) is 5.26 Å². The molecule has 0 aliphatic carbocycles. The smallest absolute Gasteiger partial charge is 0.141 e. The fourth-order valence-electron chi connectivity index (χ4n) is 3.41. The van der Waals surface area contributed by atoms with E-state index in [0.717, 1.165) is 39.2 Å². The number of ether oxygens (including phenoxy) is 1. The molecule has 0 saturated carbocycles. The van der Waals surface area contributed by atoms with E-state index in [1.165, 1.54) is 0 Å². The van der Waals surface area contributed by atoms with E-state index in [-0.39, 0.29) is 0 Å². The van der Waals surface area contributed by atoms with E-state index < -0.39 is 0 Å². The normalized spacial score (nSPS) is 10.6. The van der Waals surface area contributed by atoms with Gasteiger partial charge in [0, 0.05) is 48.2 Å². The second-order valence-corrected chi connectivity index (χ2v) is 6.52. The molecule has 4 aromatic rings. The number of aromatic nitrogens is 2. The van der Waals surface area contributed by atoms with Gasteiger partial charge in [-0.25, -0.2) is 4.98 Å². The third kappa shape index (κ3) is 3.17. The fraction of sp³-hybridized carbons (Fsp3) is 0.130. The Morgan fingerprint density at radius 1 is 1.14 bits per heavy atom. The molecule has 2 heterocycles. The van der Waals surface area contributed by atoms with Gasteiger partial charge in [0.15, 0.2) is 0 Å². The molecule has 0 amide bonds. The Hall–Kier alpha value is -3.78. The number of methoxy groups -OCH3 is 1. The van der Waals surface area contributed by atoms with Crippen LogP contribution < -0.4 is 10.1 Å². The van der Waals surface area contributed by atoms with Gasteiger partial charge < -0.3 is 14.6 Å². The van der Waals surface area contributed by atoms with Crippen molar-refractivity contribution >= 4 is 16.7 Å². The fourth-order valence-corrected chi connectivity index (χ4v) is 3.41. The Bertz CT molecular complexity index is 1170. The second-order valence-electron chi connectivity index (χ2n) is 6.52. The predicted molar refractivity (Wildman–Crippen MR) is 112 cm³/mol. The highest BCUT2D eigenvalue weighted by molar-refractivity contribution is 5.89. The number of nitrogens with one attached hydrogen (secondary N) is 1. The first-order valence-corrected chi connectivity index (χ1v) is 9.02. The Kier molecular flexibility index (Phi) is 4.69. The van der Waals surface area contributed by atoms with E-state index in [1.54, 1.807) is 7.11 Å². The Morgan fingerprint density at radius 2 is 1.93 bits per heavy atom. The molecule has 5 heteroatoms. The van der Waals surface area contributed by atoms with E-state index in [0.29, 0.717) is 12.1 Å². The largest absolute Gasteiger partial charge is 0.497 e. The molecule has 0 bridgehead atoms. The number of benzene rings is 2. The van der Waals surface area contributed by atoms with Gasteiger partial charge in [0.05, 0.1) is 12.7 Å². The van der Waals surface area contributed by atoms with E-state index in [4.69, 9.17) is 9.72 Å². The number of anilines is 1. The van der Waals surface area contributed by atoms with E-state index in [1.807, 2.05) is 72.5 Å². The van der Waals surface area contributed by atoms with Crippen LogP contribution in [-0.4, -0.2) is 23.7 Å². The molecular weight excluding hydrogens is 348 g/mol. The van der Waals surface area contributed by atoms with Gasteiger partial charge in [0.1, 0.15) is 17.5 Å². The van der Waals surface area contributed by atoms with Gasteiger partial charge in [-0.2, -0.15) is 5.26 Å². The Morgan fingerprint density at radius 3 is 2.64 bits per heavy atom. The maximum atomic E-state index is 9.63. The van der Waals surface area contributed by atoms with Crippen LogP contribution in [0, 0.1) is 11.3 Å². The van der Waals surface area contributed by atoms with E-state index >= 15 is 0 Å². The summed E-state index contributed by atoms with van der Waals surface area (Å²) >= 11 is 0. The summed E-state index contributed by atoms with van der Waals surface area (Å²) in [5, 5.41) is 13.7. The second kappa shape index (κ2) is 7.45. The van der Waals surface area contributed by atoms with Crippen LogP contribution in [0.1, 0.15) is 11.1 Å². The molecule has 0 unspecified atom stereocenters. The molecule has 0 spiro atoms. The quantitative estimate of drug-likeness (QED) is 0.556. The van der Waals surface area contributed by atoms with Crippen LogP contribution >= 0.6 is 0 Å². The molecule has 0 aliphatic rings. The van der Waals surface area contributed by atoms with Gasteiger partial charge in [-0.1, -0.05) is 30.3 Å². The maximum absolute atomic E-state index is 9.63. The summed E-state index contributed by atoms with van der Waals surface area (Å²) in [5.74, 6) is 0.824. The van der Waals surface area contributed by atoms with Gasteiger partial charge in [-0.3, -0.25) is 0 Å². The minimum Gasteiger partial charge on any atom is -0.497 e. The average molecular weight is 368 g/mol. The third-order valence-electron chi connectivity index (χ3n) is 4.85. The SMILES string of the molecule is CNc1ccccc1-c1cnc2c(c1)c(C#N)cn2Cc1ccc(OC)cc1. The van der Waals surface area contributed by atoms with Crippen molar-refractivity contribution in [3.05, 3.63) is 78.1 Å². The van der Waals surface area contributed by atoms with Gasteiger partial charge in [0.2, 0.25) is 0 Å². The van der Waals surface area contributed by atoms with Crippen LogP contribution in [0.5, 0.6) is 5.75 Å². The Labute approximate surface area is 163 Å². The average Bonchev–Trinajstić information content (AvgIpc) is 3.11. The molecule has 28 heavy (non-hydrogen) atoms. The molecule has 2 aromatic heterocycles. The first-order valence-electron chi connectivity index (χ1n) is 9.02. The molecular formula is C23H20N4O. The number of hydrogen-bond donors (Lipinski definition) is 1. The zero-order chi connectivity index (χ0) is 19.5. The summed E-state index contributed by atoms with van der Waals surface area (Å²) in [7, 11) is 3.55. The number of nitriles is 1. The summed E-state index contributed by atoms with van der Waals surface area (Å²) in [6.45, 7) is 0.640. The molecule has 2 aromatic carbocycles. The van der Waals surface area contributed by atoms with Crippen molar-refractivity contribution in [3.8, 4) is 22.9 Å². The summed E-state index contributed by atoms with van der Waals surface area (Å²) in [6.07, 6.45) is 3.74. The third-order valence-corrected chi connectivity index (χ3v) is 4.85. The molecule has 4 rings (SSSR count). The molecule has 0 saturated heterocycles. The van der Waals surface area contributed by atoms with Crippen LogP contribution in [0.4, 0.5) is 5.69 Å². The molecule has 1 N–H and O–H groups in total. The van der Waals surface area contributed by atoms with Crippen molar-refractivity contribution in [2.24, 2.45) is 0 Å². The van der Waals surface area contributed by atoms with Crippen molar-refractivity contribution in [2.75, 3.05) is 19.5 Å². The number of rotatable bonds is 5. The molecule has 0 atom stereocenters. The molecule has 0 radical (unpaired) electrons. The van der Waals surface area contributed by atoms with Crippen molar-refractivity contribution < 1.29 is 4.74 Å². The number of fused-ring (bicyclic) bond motifs is 1. The van der Waals surface area contributed by atoms with E-state index in [9.17, 15) is 5.26 Å². The van der Waals surface area contributed by atoms with Gasteiger partial charge in [-0.05, 0) is 29.8 Å². The zero-order valence-corrected chi connectivity index (χ0v) is 15.8. The highest BCUT2D eigenvalue weighted by atomic mass is 16.5. The molecule has 0 aliphatic heterocycles. The lowest BCUT2D eigenvalue weighted by Gasteiger charge is -2.10. The highest BCUT2D eigenvalue weighted by Crippen LogP contribution is 2.31. The lowest BCUT2D eigenvalue weighted by atomic mass is 10.0. The van der Waals surface area contributed by atoms with E-state index in [2.05, 4.69) is 17.5 Å². The number of nitrogens with zero attached hydrogens (tertiary/aromatic N) is 3. The van der Waals surface area contributed by atoms with Gasteiger partial charge in [0.25, 0.3) is 0 Å².